The molecule has 18 heavy (non-hydrogen) atoms. The largest absolute Gasteiger partial charge is 0.304 e. The van der Waals surface area contributed by atoms with Crippen LogP contribution in [-0.2, 0) is 10.0 Å². The first-order valence-corrected chi connectivity index (χ1v) is 8.05. The van der Waals surface area contributed by atoms with Crippen LogP contribution in [0.25, 0.3) is 0 Å². The van der Waals surface area contributed by atoms with E-state index in [-0.39, 0.29) is 0 Å². The predicted molar refractivity (Wildman–Crippen MR) is 73.6 cm³/mol. The Morgan fingerprint density at radius 3 is 2.06 bits per heavy atom. The van der Waals surface area contributed by atoms with Crippen LogP contribution in [0.3, 0.4) is 0 Å². The van der Waals surface area contributed by atoms with Crippen LogP contribution in [0.1, 0.15) is 34.1 Å². The first kappa shape index (κ1) is 17.4. The molecule has 0 rings (SSSR count). The monoisotopic (exact) mass is 275 g/mol. The Labute approximate surface area is 111 Å². The highest BCUT2D eigenvalue weighted by Gasteiger charge is 2.27. The van der Waals surface area contributed by atoms with Gasteiger partial charge in [0.15, 0.2) is 5.25 Å². The average molecular weight is 275 g/mol. The quantitative estimate of drug-likeness (QED) is 0.636. The molecule has 0 aliphatic rings. The van der Waals surface area contributed by atoms with Gasteiger partial charge in [0.05, 0.1) is 6.07 Å². The molecule has 0 saturated heterocycles. The molecule has 0 aliphatic heterocycles. The fraction of sp³-hybridized carbons (Fsp3) is 0.917. The molecule has 6 heteroatoms. The summed E-state index contributed by atoms with van der Waals surface area (Å²) in [5.74, 6) is 0. The van der Waals surface area contributed by atoms with Crippen molar-refractivity contribution in [2.24, 2.45) is 0 Å². The van der Waals surface area contributed by atoms with Gasteiger partial charge in [-0.15, -0.1) is 0 Å². The molecule has 0 aromatic carbocycles. The van der Waals surface area contributed by atoms with Crippen LogP contribution in [0.15, 0.2) is 0 Å². The van der Waals surface area contributed by atoms with Gasteiger partial charge in [-0.2, -0.15) is 5.26 Å². The van der Waals surface area contributed by atoms with Crippen molar-refractivity contribution < 1.29 is 8.42 Å². The lowest BCUT2D eigenvalue weighted by molar-refractivity contribution is 0.285. The van der Waals surface area contributed by atoms with Gasteiger partial charge < -0.3 is 4.90 Å². The van der Waals surface area contributed by atoms with Crippen LogP contribution in [0.2, 0.25) is 0 Å². The summed E-state index contributed by atoms with van der Waals surface area (Å²) in [6, 6.07) is 1.80. The summed E-state index contributed by atoms with van der Waals surface area (Å²) in [5, 5.41) is 7.77. The van der Waals surface area contributed by atoms with Crippen molar-refractivity contribution in [3.8, 4) is 6.07 Å². The van der Waals surface area contributed by atoms with Crippen LogP contribution < -0.4 is 0 Å². The number of hydrogen-bond acceptors (Lipinski definition) is 4. The molecular formula is C12H25N3O2S. The van der Waals surface area contributed by atoms with E-state index in [2.05, 4.69) is 18.7 Å². The molecule has 0 saturated carbocycles. The number of hydrogen-bond donors (Lipinski definition) is 0. The maximum Gasteiger partial charge on any atom is 0.230 e. The van der Waals surface area contributed by atoms with Crippen LogP contribution in [-0.4, -0.2) is 55.6 Å². The molecule has 0 fully saturated rings. The van der Waals surface area contributed by atoms with Crippen LogP contribution in [0, 0.1) is 11.3 Å². The van der Waals surface area contributed by atoms with E-state index in [1.807, 2.05) is 0 Å². The topological polar surface area (TPSA) is 64.4 Å². The third-order valence-corrected chi connectivity index (χ3v) is 5.28. The van der Waals surface area contributed by atoms with Gasteiger partial charge in [0, 0.05) is 13.1 Å². The van der Waals surface area contributed by atoms with Gasteiger partial charge in [-0.1, -0.05) is 20.8 Å². The lowest BCUT2D eigenvalue weighted by Gasteiger charge is -2.24. The molecule has 0 amide bonds. The lowest BCUT2D eigenvalue weighted by Crippen LogP contribution is -2.38. The van der Waals surface area contributed by atoms with E-state index >= 15 is 0 Å². The minimum absolute atomic E-state index is 0.423. The summed E-state index contributed by atoms with van der Waals surface area (Å²) in [4.78, 5) is 2.26. The van der Waals surface area contributed by atoms with Gasteiger partial charge in [0.2, 0.25) is 10.0 Å². The molecule has 0 aromatic heterocycles. The molecular weight excluding hydrogens is 250 g/mol. The number of nitriles is 1. The Balaban J connectivity index is 4.42. The highest BCUT2D eigenvalue weighted by atomic mass is 32.2. The molecule has 0 aromatic rings. The van der Waals surface area contributed by atoms with Crippen molar-refractivity contribution in [3.63, 3.8) is 0 Å². The third kappa shape index (κ3) is 4.92. The maximum atomic E-state index is 12.0. The average Bonchev–Trinajstić information content (AvgIpc) is 2.37. The SMILES string of the molecule is CCN(CC)CCCN(CC)S(=O)(=O)C(C)C#N. The van der Waals surface area contributed by atoms with Gasteiger partial charge in [0.1, 0.15) is 0 Å². The summed E-state index contributed by atoms with van der Waals surface area (Å²) in [6.45, 7) is 11.2. The summed E-state index contributed by atoms with van der Waals surface area (Å²) >= 11 is 0. The molecule has 1 atom stereocenters. The van der Waals surface area contributed by atoms with Gasteiger partial charge in [-0.05, 0) is 33.0 Å². The molecule has 0 bridgehead atoms. The van der Waals surface area contributed by atoms with Crippen molar-refractivity contribution in [1.82, 2.24) is 9.21 Å². The minimum Gasteiger partial charge on any atom is -0.304 e. The lowest BCUT2D eigenvalue weighted by atomic mass is 10.3. The van der Waals surface area contributed by atoms with E-state index in [0.717, 1.165) is 26.1 Å². The number of rotatable bonds is 9. The molecule has 106 valence electrons. The van der Waals surface area contributed by atoms with Gasteiger partial charge in [-0.3, -0.25) is 0 Å². The first-order chi connectivity index (χ1) is 8.43. The smallest absolute Gasteiger partial charge is 0.230 e. The highest BCUT2D eigenvalue weighted by molar-refractivity contribution is 7.89. The molecule has 0 aliphatic carbocycles. The molecule has 5 nitrogen and oxygen atoms in total. The summed E-state index contributed by atoms with van der Waals surface area (Å²) < 4.78 is 25.4. The molecule has 0 heterocycles. The van der Waals surface area contributed by atoms with Crippen LogP contribution in [0.5, 0.6) is 0 Å². The van der Waals surface area contributed by atoms with E-state index in [9.17, 15) is 8.42 Å². The van der Waals surface area contributed by atoms with E-state index in [0.29, 0.717) is 13.1 Å². The summed E-state index contributed by atoms with van der Waals surface area (Å²) in [6.07, 6.45) is 0.799. The Morgan fingerprint density at radius 1 is 1.11 bits per heavy atom. The standard InChI is InChI=1S/C12H25N3O2S/c1-5-14(6-2)9-8-10-15(7-3)18(16,17)12(4)11-13/h12H,5-10H2,1-4H3. The third-order valence-electron chi connectivity index (χ3n) is 3.12. The fourth-order valence-electron chi connectivity index (χ4n) is 1.77. The number of nitrogens with zero attached hydrogens (tertiary/aromatic N) is 3. The predicted octanol–water partition coefficient (Wildman–Crippen LogP) is 1.28. The van der Waals surface area contributed by atoms with Gasteiger partial charge in [-0.25, -0.2) is 12.7 Å². The number of sulfonamides is 1. The Morgan fingerprint density at radius 2 is 1.67 bits per heavy atom. The van der Waals surface area contributed by atoms with E-state index in [1.54, 1.807) is 13.0 Å². The fourth-order valence-corrected chi connectivity index (χ4v) is 3.09. The Hall–Kier alpha value is -0.640. The van der Waals surface area contributed by atoms with Gasteiger partial charge in [0.25, 0.3) is 0 Å². The second-order valence-electron chi connectivity index (χ2n) is 4.19. The summed E-state index contributed by atoms with van der Waals surface area (Å²) in [7, 11) is -3.46. The van der Waals surface area contributed by atoms with Crippen molar-refractivity contribution >= 4 is 10.0 Å². The minimum atomic E-state index is -3.46. The summed E-state index contributed by atoms with van der Waals surface area (Å²) in [5.41, 5.74) is 0. The first-order valence-electron chi connectivity index (χ1n) is 6.54. The van der Waals surface area contributed by atoms with E-state index < -0.39 is 15.3 Å². The maximum absolute atomic E-state index is 12.0. The van der Waals surface area contributed by atoms with Crippen molar-refractivity contribution in [2.75, 3.05) is 32.7 Å². The normalized spacial score (nSPS) is 13.8. The van der Waals surface area contributed by atoms with Crippen molar-refractivity contribution in [3.05, 3.63) is 0 Å². The van der Waals surface area contributed by atoms with E-state index in [4.69, 9.17) is 5.26 Å². The van der Waals surface area contributed by atoms with E-state index in [1.165, 1.54) is 11.2 Å². The Kier molecular flexibility index (Phi) is 8.16. The zero-order chi connectivity index (χ0) is 14.2. The zero-order valence-corrected chi connectivity index (χ0v) is 12.7. The molecule has 0 spiro atoms. The van der Waals surface area contributed by atoms with Crippen LogP contribution >= 0.6 is 0 Å². The van der Waals surface area contributed by atoms with Gasteiger partial charge >= 0.3 is 0 Å². The second kappa shape index (κ2) is 8.46. The Bertz CT molecular complexity index is 358. The highest BCUT2D eigenvalue weighted by Crippen LogP contribution is 2.09. The van der Waals surface area contributed by atoms with Crippen molar-refractivity contribution in [2.45, 2.75) is 39.4 Å². The molecule has 0 radical (unpaired) electrons. The molecule has 1 unspecified atom stereocenters. The van der Waals surface area contributed by atoms with Crippen LogP contribution in [0.4, 0.5) is 0 Å². The second-order valence-corrected chi connectivity index (χ2v) is 6.44. The molecule has 0 N–H and O–H groups in total. The zero-order valence-electron chi connectivity index (χ0n) is 11.9. The van der Waals surface area contributed by atoms with Crippen molar-refractivity contribution in [1.29, 1.82) is 5.26 Å².